The number of Topliss-reactive ketones (excluding diaryl/α,β-unsaturated/α-hetero) is 1. The number of fused-ring (bicyclic) bond motifs is 1. The lowest BCUT2D eigenvalue weighted by Gasteiger charge is -2.48. The van der Waals surface area contributed by atoms with Gasteiger partial charge >= 0.3 is 0 Å². The van der Waals surface area contributed by atoms with E-state index < -0.39 is 27.2 Å². The van der Waals surface area contributed by atoms with Crippen LogP contribution >= 0.6 is 0 Å². The van der Waals surface area contributed by atoms with Gasteiger partial charge in [0.1, 0.15) is 0 Å². The molecule has 7 heteroatoms. The Morgan fingerprint density at radius 1 is 1.27 bits per heavy atom. The van der Waals surface area contributed by atoms with E-state index in [4.69, 9.17) is 4.74 Å². The van der Waals surface area contributed by atoms with E-state index >= 15 is 0 Å². The Morgan fingerprint density at radius 3 is 2.50 bits per heavy atom. The van der Waals surface area contributed by atoms with Gasteiger partial charge in [0.25, 0.3) is 5.91 Å². The van der Waals surface area contributed by atoms with Gasteiger partial charge in [-0.15, -0.1) is 0 Å². The monoisotopic (exact) mass is 321 g/mol. The lowest BCUT2D eigenvalue weighted by molar-refractivity contribution is -0.158. The average molecular weight is 321 g/mol. The second-order valence-electron chi connectivity index (χ2n) is 5.39. The lowest BCUT2D eigenvalue weighted by Crippen LogP contribution is -2.70. The second-order valence-corrected chi connectivity index (χ2v) is 7.48. The zero-order valence-electron chi connectivity index (χ0n) is 12.1. The number of benzene rings is 1. The number of methoxy groups -OCH3 is 1. The van der Waals surface area contributed by atoms with Crippen LogP contribution < -0.4 is 0 Å². The summed E-state index contributed by atoms with van der Waals surface area (Å²) in [4.78, 5) is 25.9. The Kier molecular flexibility index (Phi) is 3.41. The summed E-state index contributed by atoms with van der Waals surface area (Å²) in [6.07, 6.45) is -1.03. The molecule has 6 nitrogen and oxygen atoms in total. The predicted octanol–water partition coefficient (Wildman–Crippen LogP) is 0.755. The first-order valence-corrected chi connectivity index (χ1v) is 8.47. The summed E-state index contributed by atoms with van der Waals surface area (Å²) in [6.45, 7) is 1.57. The summed E-state index contributed by atoms with van der Waals surface area (Å²) in [5, 5.41) is -1.10. The maximum atomic E-state index is 12.7. The van der Waals surface area contributed by atoms with Crippen LogP contribution in [0.25, 0.3) is 0 Å². The number of nitrogens with zero attached hydrogens (tertiary/aromatic N) is 1. The fourth-order valence-electron chi connectivity index (χ4n) is 2.93. The van der Waals surface area contributed by atoms with E-state index in [1.54, 1.807) is 37.3 Å². The normalized spacial score (nSPS) is 26.5. The molecule has 0 radical (unpaired) electrons. The van der Waals surface area contributed by atoms with Crippen LogP contribution in [0.1, 0.15) is 17.3 Å². The SMILES string of the molecule is CO[C@H]1C(=O)N2C(C(=O)c3ccccc3)=C(C)CS(=O)(=O)C12. The molecule has 2 aliphatic rings. The molecule has 22 heavy (non-hydrogen) atoms. The van der Waals surface area contributed by atoms with Crippen LogP contribution in [0.5, 0.6) is 0 Å². The topological polar surface area (TPSA) is 80.8 Å². The third kappa shape index (κ3) is 2.00. The van der Waals surface area contributed by atoms with E-state index in [0.717, 1.165) is 4.90 Å². The zero-order chi connectivity index (χ0) is 16.1. The Labute approximate surface area is 128 Å². The van der Waals surface area contributed by atoms with Gasteiger partial charge in [0.05, 0.1) is 11.4 Å². The summed E-state index contributed by atoms with van der Waals surface area (Å²) in [7, 11) is -2.25. The summed E-state index contributed by atoms with van der Waals surface area (Å²) in [5.74, 6) is -1.08. The van der Waals surface area contributed by atoms with Crippen molar-refractivity contribution in [1.29, 1.82) is 0 Å². The van der Waals surface area contributed by atoms with Crippen LogP contribution in [-0.4, -0.2) is 49.3 Å². The number of hydrogen-bond donors (Lipinski definition) is 0. The Morgan fingerprint density at radius 2 is 1.91 bits per heavy atom. The fourth-order valence-corrected chi connectivity index (χ4v) is 4.98. The predicted molar refractivity (Wildman–Crippen MR) is 78.7 cm³/mol. The molecule has 116 valence electrons. The van der Waals surface area contributed by atoms with Crippen LogP contribution in [0.15, 0.2) is 41.6 Å². The Bertz CT molecular complexity index is 781. The molecule has 0 spiro atoms. The number of β-lactam (4-membered cyclic amide) rings is 1. The second kappa shape index (κ2) is 5.03. The third-order valence-electron chi connectivity index (χ3n) is 3.93. The molecule has 0 aromatic heterocycles. The van der Waals surface area contributed by atoms with Gasteiger partial charge in [-0.1, -0.05) is 30.3 Å². The van der Waals surface area contributed by atoms with Gasteiger partial charge in [0.2, 0.25) is 5.78 Å². The Balaban J connectivity index is 2.08. The minimum absolute atomic E-state index is 0.157. The maximum absolute atomic E-state index is 12.7. The van der Waals surface area contributed by atoms with E-state index in [1.165, 1.54) is 7.11 Å². The molecular formula is C15H15NO5S. The smallest absolute Gasteiger partial charge is 0.260 e. The first-order chi connectivity index (χ1) is 10.4. The van der Waals surface area contributed by atoms with Crippen molar-refractivity contribution in [2.24, 2.45) is 0 Å². The molecule has 1 unspecified atom stereocenters. The van der Waals surface area contributed by atoms with Crippen molar-refractivity contribution >= 4 is 21.5 Å². The van der Waals surface area contributed by atoms with E-state index in [-0.39, 0.29) is 17.2 Å². The van der Waals surface area contributed by atoms with Gasteiger partial charge in [0, 0.05) is 12.7 Å². The molecule has 0 saturated carbocycles. The summed E-state index contributed by atoms with van der Waals surface area (Å²) in [5.41, 5.74) is 0.959. The van der Waals surface area contributed by atoms with Gasteiger partial charge < -0.3 is 4.74 Å². The van der Waals surface area contributed by atoms with Crippen molar-refractivity contribution in [3.05, 3.63) is 47.2 Å². The molecule has 0 aliphatic carbocycles. The molecule has 1 fully saturated rings. The van der Waals surface area contributed by atoms with Crippen LogP contribution in [0.3, 0.4) is 0 Å². The van der Waals surface area contributed by atoms with Crippen LogP contribution in [0.2, 0.25) is 0 Å². The van der Waals surface area contributed by atoms with Gasteiger partial charge in [0.15, 0.2) is 21.3 Å². The molecule has 1 aromatic rings. The molecular weight excluding hydrogens is 306 g/mol. The average Bonchev–Trinajstić information content (AvgIpc) is 2.48. The highest BCUT2D eigenvalue weighted by Gasteiger charge is 2.59. The standard InChI is InChI=1S/C15H15NO5S/c1-9-8-22(19,20)15-13(21-2)14(18)16(15)11(9)12(17)10-6-4-3-5-7-10/h3-7,13,15H,8H2,1-2H3/t13-,15?/m0/s1. The number of rotatable bonds is 3. The first-order valence-electron chi connectivity index (χ1n) is 6.75. The molecule has 0 bridgehead atoms. The molecule has 2 atom stereocenters. The van der Waals surface area contributed by atoms with Crippen LogP contribution in [0, 0.1) is 0 Å². The van der Waals surface area contributed by atoms with E-state index in [2.05, 4.69) is 0 Å². The lowest BCUT2D eigenvalue weighted by atomic mass is 9.99. The number of sulfone groups is 1. The molecule has 1 amide bonds. The fraction of sp³-hybridized carbons (Fsp3) is 0.333. The quantitative estimate of drug-likeness (QED) is 0.606. The third-order valence-corrected chi connectivity index (χ3v) is 5.96. The van der Waals surface area contributed by atoms with Crippen molar-refractivity contribution in [3.8, 4) is 0 Å². The van der Waals surface area contributed by atoms with Crippen LogP contribution in [-0.2, 0) is 19.4 Å². The number of ether oxygens (including phenoxy) is 1. The first kappa shape index (κ1) is 14.9. The maximum Gasteiger partial charge on any atom is 0.260 e. The molecule has 1 saturated heterocycles. The van der Waals surface area contributed by atoms with Crippen molar-refractivity contribution < 1.29 is 22.7 Å². The molecule has 0 N–H and O–H groups in total. The molecule has 3 rings (SSSR count). The number of carbonyl (C=O) groups excluding carboxylic acids is 2. The molecule has 1 aromatic carbocycles. The number of allylic oxidation sites excluding steroid dienone is 1. The highest BCUT2D eigenvalue weighted by atomic mass is 32.2. The van der Waals surface area contributed by atoms with Crippen molar-refractivity contribution in [3.63, 3.8) is 0 Å². The summed E-state index contributed by atoms with van der Waals surface area (Å²) < 4.78 is 29.5. The van der Waals surface area contributed by atoms with Crippen molar-refractivity contribution in [1.82, 2.24) is 4.90 Å². The van der Waals surface area contributed by atoms with Gasteiger partial charge in [-0.05, 0) is 12.5 Å². The largest absolute Gasteiger partial charge is 0.368 e. The number of ketones is 1. The summed E-state index contributed by atoms with van der Waals surface area (Å²) >= 11 is 0. The van der Waals surface area contributed by atoms with E-state index in [9.17, 15) is 18.0 Å². The highest BCUT2D eigenvalue weighted by Crippen LogP contribution is 2.38. The minimum Gasteiger partial charge on any atom is -0.368 e. The van der Waals surface area contributed by atoms with Crippen molar-refractivity contribution in [2.45, 2.75) is 18.4 Å². The number of amides is 1. The Hall–Kier alpha value is -1.99. The highest BCUT2D eigenvalue weighted by molar-refractivity contribution is 7.92. The summed E-state index contributed by atoms with van der Waals surface area (Å²) in [6, 6.07) is 8.49. The van der Waals surface area contributed by atoms with Gasteiger partial charge in [-0.25, -0.2) is 8.42 Å². The molecule has 2 aliphatic heterocycles. The van der Waals surface area contributed by atoms with Gasteiger partial charge in [-0.3, -0.25) is 14.5 Å². The minimum atomic E-state index is -3.55. The van der Waals surface area contributed by atoms with Gasteiger partial charge in [-0.2, -0.15) is 0 Å². The molecule has 2 heterocycles. The number of carbonyl (C=O) groups is 2. The van der Waals surface area contributed by atoms with E-state index in [0.29, 0.717) is 11.1 Å². The zero-order valence-corrected chi connectivity index (χ0v) is 13.0. The number of hydrogen-bond acceptors (Lipinski definition) is 5. The van der Waals surface area contributed by atoms with Crippen LogP contribution in [0.4, 0.5) is 0 Å². The van der Waals surface area contributed by atoms with Crippen molar-refractivity contribution in [2.75, 3.05) is 12.9 Å². The van der Waals surface area contributed by atoms with E-state index in [1.807, 2.05) is 0 Å².